The third-order valence-corrected chi connectivity index (χ3v) is 5.14. The van der Waals surface area contributed by atoms with Gasteiger partial charge in [0, 0.05) is 30.9 Å². The highest BCUT2D eigenvalue weighted by atomic mass is 32.2. The average molecular weight is 349 g/mol. The van der Waals surface area contributed by atoms with Crippen LogP contribution in [0.5, 0.6) is 0 Å². The van der Waals surface area contributed by atoms with Crippen LogP contribution in [0, 0.1) is 0 Å². The van der Waals surface area contributed by atoms with E-state index >= 15 is 0 Å². The Labute approximate surface area is 139 Å². The summed E-state index contributed by atoms with van der Waals surface area (Å²) < 4.78 is 33.8. The van der Waals surface area contributed by atoms with Crippen LogP contribution in [0.1, 0.15) is 23.9 Å². The first-order chi connectivity index (χ1) is 11.5. The number of aromatic nitrogens is 2. The first-order valence-corrected chi connectivity index (χ1v) is 9.21. The Morgan fingerprint density at radius 3 is 2.83 bits per heavy atom. The van der Waals surface area contributed by atoms with E-state index in [0.29, 0.717) is 16.7 Å². The molecule has 0 aliphatic carbocycles. The number of hydrogen-bond acceptors (Lipinski definition) is 5. The van der Waals surface area contributed by atoms with E-state index in [1.807, 2.05) is 19.3 Å². The molecule has 128 valence electrons. The van der Waals surface area contributed by atoms with E-state index in [0.717, 1.165) is 5.69 Å². The summed E-state index contributed by atoms with van der Waals surface area (Å²) >= 11 is 0. The molecule has 0 amide bonds. The van der Waals surface area contributed by atoms with Gasteiger partial charge in [-0.3, -0.25) is 0 Å². The summed E-state index contributed by atoms with van der Waals surface area (Å²) in [6.07, 6.45) is 1.40. The fraction of sp³-hybridized carbons (Fsp3) is 0.312. The molecule has 0 radical (unpaired) electrons. The standard InChI is InChI=1S/C16H19N3O4S/c1-19-10-4-6-14(19)15(20)8-9-17-24(21,22)11-13-12-5-2-3-7-16(12)23-18-13/h2-7,10,15,17,20H,8-9,11H2,1H3. The van der Waals surface area contributed by atoms with Crippen LogP contribution in [0.3, 0.4) is 0 Å². The van der Waals surface area contributed by atoms with Gasteiger partial charge in [-0.2, -0.15) is 0 Å². The van der Waals surface area contributed by atoms with Crippen molar-refractivity contribution in [2.75, 3.05) is 6.54 Å². The van der Waals surface area contributed by atoms with Crippen molar-refractivity contribution < 1.29 is 18.0 Å². The Kier molecular flexibility index (Phi) is 4.70. The molecule has 2 heterocycles. The van der Waals surface area contributed by atoms with Crippen molar-refractivity contribution in [3.63, 3.8) is 0 Å². The van der Waals surface area contributed by atoms with E-state index in [1.165, 1.54) is 0 Å². The van der Waals surface area contributed by atoms with E-state index in [9.17, 15) is 13.5 Å². The number of sulfonamides is 1. The van der Waals surface area contributed by atoms with Gasteiger partial charge in [-0.15, -0.1) is 0 Å². The van der Waals surface area contributed by atoms with Crippen molar-refractivity contribution in [2.45, 2.75) is 18.3 Å². The predicted octanol–water partition coefficient (Wildman–Crippen LogP) is 1.71. The predicted molar refractivity (Wildman–Crippen MR) is 89.6 cm³/mol. The van der Waals surface area contributed by atoms with E-state index in [1.54, 1.807) is 34.9 Å². The molecular formula is C16H19N3O4S. The van der Waals surface area contributed by atoms with Crippen molar-refractivity contribution in [1.29, 1.82) is 0 Å². The summed E-state index contributed by atoms with van der Waals surface area (Å²) in [5.41, 5.74) is 1.68. The Bertz CT molecular complexity index is 930. The first-order valence-electron chi connectivity index (χ1n) is 7.56. The molecule has 0 saturated carbocycles. The fourth-order valence-electron chi connectivity index (χ4n) is 2.59. The SMILES string of the molecule is Cn1cccc1C(O)CCNS(=O)(=O)Cc1noc2ccccc12. The highest BCUT2D eigenvalue weighted by Crippen LogP contribution is 2.20. The first kappa shape index (κ1) is 16.7. The number of fused-ring (bicyclic) bond motifs is 1. The van der Waals surface area contributed by atoms with Crippen molar-refractivity contribution in [1.82, 2.24) is 14.4 Å². The van der Waals surface area contributed by atoms with Crippen LogP contribution >= 0.6 is 0 Å². The van der Waals surface area contributed by atoms with Gasteiger partial charge in [-0.1, -0.05) is 17.3 Å². The maximum Gasteiger partial charge on any atom is 0.217 e. The van der Waals surface area contributed by atoms with E-state index in [2.05, 4.69) is 9.88 Å². The Hall–Kier alpha value is -2.16. The zero-order chi connectivity index (χ0) is 17.2. The normalized spacial score (nSPS) is 13.4. The smallest absolute Gasteiger partial charge is 0.217 e. The number of rotatable bonds is 7. The van der Waals surface area contributed by atoms with Gasteiger partial charge in [0.05, 0.1) is 6.10 Å². The Morgan fingerprint density at radius 2 is 2.08 bits per heavy atom. The fourth-order valence-corrected chi connectivity index (χ4v) is 3.69. The summed E-state index contributed by atoms with van der Waals surface area (Å²) in [5, 5.41) is 14.6. The van der Waals surface area contributed by atoms with E-state index in [4.69, 9.17) is 4.52 Å². The van der Waals surface area contributed by atoms with Crippen LogP contribution in [0.25, 0.3) is 11.0 Å². The van der Waals surface area contributed by atoms with Gasteiger partial charge >= 0.3 is 0 Å². The molecule has 1 unspecified atom stereocenters. The van der Waals surface area contributed by atoms with Crippen molar-refractivity contribution in [2.24, 2.45) is 7.05 Å². The quantitative estimate of drug-likeness (QED) is 0.677. The Morgan fingerprint density at radius 1 is 1.29 bits per heavy atom. The van der Waals surface area contributed by atoms with Gasteiger partial charge < -0.3 is 14.2 Å². The lowest BCUT2D eigenvalue weighted by molar-refractivity contribution is 0.161. The second-order valence-corrected chi connectivity index (χ2v) is 7.43. The summed E-state index contributed by atoms with van der Waals surface area (Å²) in [5.74, 6) is -0.260. The molecule has 0 bridgehead atoms. The molecule has 3 rings (SSSR count). The van der Waals surface area contributed by atoms with Gasteiger partial charge in [-0.25, -0.2) is 13.1 Å². The van der Waals surface area contributed by atoms with Crippen LogP contribution in [0.15, 0.2) is 47.1 Å². The van der Waals surface area contributed by atoms with Crippen molar-refractivity contribution in [3.8, 4) is 0 Å². The lowest BCUT2D eigenvalue weighted by atomic mass is 10.2. The number of hydrogen-bond donors (Lipinski definition) is 2. The topological polar surface area (TPSA) is 97.4 Å². The number of aryl methyl sites for hydroxylation is 1. The molecule has 0 fully saturated rings. The number of nitrogens with one attached hydrogen (secondary N) is 1. The molecule has 7 nitrogen and oxygen atoms in total. The van der Waals surface area contributed by atoms with Crippen LogP contribution < -0.4 is 4.72 Å². The zero-order valence-electron chi connectivity index (χ0n) is 13.2. The number of para-hydroxylation sites is 1. The molecule has 24 heavy (non-hydrogen) atoms. The number of benzene rings is 1. The third kappa shape index (κ3) is 3.66. The van der Waals surface area contributed by atoms with Gasteiger partial charge in [0.1, 0.15) is 11.4 Å². The van der Waals surface area contributed by atoms with Gasteiger partial charge in [-0.05, 0) is 30.7 Å². The summed E-state index contributed by atoms with van der Waals surface area (Å²) in [7, 11) is -1.73. The minimum Gasteiger partial charge on any atom is -0.387 e. The molecule has 1 aromatic carbocycles. The molecule has 0 aliphatic rings. The van der Waals surface area contributed by atoms with E-state index in [-0.39, 0.29) is 18.7 Å². The lowest BCUT2D eigenvalue weighted by Crippen LogP contribution is -2.27. The monoisotopic (exact) mass is 349 g/mol. The minimum absolute atomic E-state index is 0.143. The lowest BCUT2D eigenvalue weighted by Gasteiger charge is -2.12. The van der Waals surface area contributed by atoms with Crippen LogP contribution in [-0.2, 0) is 22.8 Å². The largest absolute Gasteiger partial charge is 0.387 e. The minimum atomic E-state index is -3.56. The summed E-state index contributed by atoms with van der Waals surface area (Å²) in [6.45, 7) is 0.143. The average Bonchev–Trinajstić information content (AvgIpc) is 3.14. The number of nitrogens with zero attached hydrogens (tertiary/aromatic N) is 2. The molecule has 0 saturated heterocycles. The molecule has 8 heteroatoms. The van der Waals surface area contributed by atoms with Gasteiger partial charge in [0.2, 0.25) is 10.0 Å². The van der Waals surface area contributed by atoms with Gasteiger partial charge in [0.25, 0.3) is 0 Å². The maximum absolute atomic E-state index is 12.2. The molecule has 3 aromatic rings. The molecule has 0 spiro atoms. The van der Waals surface area contributed by atoms with E-state index < -0.39 is 16.1 Å². The second kappa shape index (κ2) is 6.76. The summed E-state index contributed by atoms with van der Waals surface area (Å²) in [4.78, 5) is 0. The summed E-state index contributed by atoms with van der Waals surface area (Å²) in [6, 6.07) is 10.8. The maximum atomic E-state index is 12.2. The second-order valence-electron chi connectivity index (χ2n) is 5.63. The molecular weight excluding hydrogens is 330 g/mol. The number of aliphatic hydroxyl groups is 1. The Balaban J connectivity index is 1.59. The molecule has 2 N–H and O–H groups in total. The molecule has 2 aromatic heterocycles. The van der Waals surface area contributed by atoms with Crippen molar-refractivity contribution >= 4 is 21.0 Å². The third-order valence-electron chi connectivity index (χ3n) is 3.84. The molecule has 1 atom stereocenters. The van der Waals surface area contributed by atoms with Crippen LogP contribution in [-0.4, -0.2) is 29.8 Å². The van der Waals surface area contributed by atoms with Gasteiger partial charge in [0.15, 0.2) is 5.58 Å². The van der Waals surface area contributed by atoms with Crippen LogP contribution in [0.2, 0.25) is 0 Å². The van der Waals surface area contributed by atoms with Crippen molar-refractivity contribution in [3.05, 3.63) is 54.0 Å². The highest BCUT2D eigenvalue weighted by molar-refractivity contribution is 7.88. The van der Waals surface area contributed by atoms with Crippen LogP contribution in [0.4, 0.5) is 0 Å². The number of aliphatic hydroxyl groups excluding tert-OH is 1. The molecule has 0 aliphatic heterocycles. The highest BCUT2D eigenvalue weighted by Gasteiger charge is 2.18. The zero-order valence-corrected chi connectivity index (χ0v) is 14.0.